The predicted molar refractivity (Wildman–Crippen MR) is 72.6 cm³/mol. The lowest BCUT2D eigenvalue weighted by molar-refractivity contribution is -0.750. The molecule has 0 radical (unpaired) electrons. The highest BCUT2D eigenvalue weighted by molar-refractivity contribution is 6.45. The van der Waals surface area contributed by atoms with Crippen molar-refractivity contribution in [2.45, 2.75) is 27.7 Å². The second-order valence-electron chi connectivity index (χ2n) is 3.87. The van der Waals surface area contributed by atoms with Crippen molar-refractivity contribution < 1.29 is 14.8 Å². The first-order chi connectivity index (χ1) is 8.69. The van der Waals surface area contributed by atoms with Crippen LogP contribution in [0.25, 0.3) is 0 Å². The standard InChI is InChI=1S/C14H20N2O2/c1-5-17-15-12(4)14(16-18-6-2)13-9-7-11(3)8-10-13/h7-10H,5-6H2,1-4H3/p+1/b15-12+,16-14-. The Balaban J connectivity index is 3.01. The highest BCUT2D eigenvalue weighted by Crippen LogP contribution is 2.04. The van der Waals surface area contributed by atoms with Crippen LogP contribution < -0.4 is 5.16 Å². The Hall–Kier alpha value is -1.84. The molecule has 4 heteroatoms. The molecule has 0 spiro atoms. The summed E-state index contributed by atoms with van der Waals surface area (Å²) in [5.74, 6) is 0. The summed E-state index contributed by atoms with van der Waals surface area (Å²) in [6.45, 7) is 8.90. The van der Waals surface area contributed by atoms with Crippen LogP contribution in [0.2, 0.25) is 0 Å². The molecule has 0 bridgehead atoms. The van der Waals surface area contributed by atoms with E-state index < -0.39 is 0 Å². The lowest BCUT2D eigenvalue weighted by Gasteiger charge is -2.01. The lowest BCUT2D eigenvalue weighted by Crippen LogP contribution is -2.73. The third-order valence-electron chi connectivity index (χ3n) is 2.35. The number of nitrogens with one attached hydrogen (secondary N) is 1. The molecule has 0 fully saturated rings. The van der Waals surface area contributed by atoms with Gasteiger partial charge in [-0.2, -0.15) is 0 Å². The maximum absolute atomic E-state index is 5.26. The van der Waals surface area contributed by atoms with Gasteiger partial charge in [0.2, 0.25) is 0 Å². The third kappa shape index (κ3) is 4.20. The van der Waals surface area contributed by atoms with E-state index in [0.717, 1.165) is 17.0 Å². The van der Waals surface area contributed by atoms with Gasteiger partial charge in [-0.3, -0.25) is 4.84 Å². The van der Waals surface area contributed by atoms with Crippen LogP contribution in [0.3, 0.4) is 0 Å². The van der Waals surface area contributed by atoms with Crippen molar-refractivity contribution in [3.63, 3.8) is 0 Å². The zero-order valence-corrected chi connectivity index (χ0v) is 11.5. The summed E-state index contributed by atoms with van der Waals surface area (Å²) in [4.78, 5) is 10.3. The molecule has 0 aliphatic rings. The Kier molecular flexibility index (Phi) is 5.91. The molecule has 98 valence electrons. The van der Waals surface area contributed by atoms with Crippen molar-refractivity contribution in [1.82, 2.24) is 0 Å². The molecule has 0 saturated heterocycles. The Bertz CT molecular complexity index is 422. The third-order valence-corrected chi connectivity index (χ3v) is 2.35. The van der Waals surface area contributed by atoms with Gasteiger partial charge in [0.05, 0.1) is 5.56 Å². The van der Waals surface area contributed by atoms with Gasteiger partial charge in [0.1, 0.15) is 6.61 Å². The van der Waals surface area contributed by atoms with E-state index in [4.69, 9.17) is 9.68 Å². The molecule has 0 atom stereocenters. The van der Waals surface area contributed by atoms with E-state index in [0.29, 0.717) is 13.2 Å². The van der Waals surface area contributed by atoms with Crippen LogP contribution in [-0.2, 0) is 9.68 Å². The summed E-state index contributed by atoms with van der Waals surface area (Å²) in [6.07, 6.45) is 0. The molecule has 0 heterocycles. The van der Waals surface area contributed by atoms with E-state index in [1.165, 1.54) is 5.56 Å². The molecule has 1 rings (SSSR count). The summed E-state index contributed by atoms with van der Waals surface area (Å²) in [5.41, 5.74) is 3.82. The van der Waals surface area contributed by atoms with Gasteiger partial charge in [-0.05, 0) is 45.0 Å². The van der Waals surface area contributed by atoms with E-state index in [2.05, 4.69) is 29.4 Å². The first-order valence-electron chi connectivity index (χ1n) is 6.17. The zero-order valence-electron chi connectivity index (χ0n) is 11.5. The summed E-state index contributed by atoms with van der Waals surface area (Å²) < 4.78 is 0. The topological polar surface area (TPSA) is 44.8 Å². The highest BCUT2D eigenvalue weighted by atomic mass is 16.6. The van der Waals surface area contributed by atoms with Crippen LogP contribution in [0.15, 0.2) is 29.4 Å². The number of hydrogen-bond donors (Lipinski definition) is 1. The number of rotatable bonds is 6. The largest absolute Gasteiger partial charge is 0.396 e. The molecule has 0 aromatic heterocycles. The van der Waals surface area contributed by atoms with Gasteiger partial charge >= 0.3 is 0 Å². The van der Waals surface area contributed by atoms with Crippen molar-refractivity contribution in [2.24, 2.45) is 5.16 Å². The number of nitrogens with zero attached hydrogens (tertiary/aromatic N) is 1. The maximum Gasteiger partial charge on any atom is 0.279 e. The van der Waals surface area contributed by atoms with Crippen molar-refractivity contribution >= 4 is 11.4 Å². The molecule has 0 aliphatic heterocycles. The maximum atomic E-state index is 5.26. The fourth-order valence-corrected chi connectivity index (χ4v) is 1.41. The predicted octanol–water partition coefficient (Wildman–Crippen LogP) is 1.23. The summed E-state index contributed by atoms with van der Waals surface area (Å²) >= 11 is 0. The van der Waals surface area contributed by atoms with Gasteiger partial charge < -0.3 is 4.84 Å². The van der Waals surface area contributed by atoms with E-state index in [9.17, 15) is 0 Å². The van der Waals surface area contributed by atoms with Crippen LogP contribution >= 0.6 is 0 Å². The van der Waals surface area contributed by atoms with E-state index in [1.807, 2.05) is 32.9 Å². The molecular formula is C14H21N2O2+. The smallest absolute Gasteiger partial charge is 0.279 e. The zero-order chi connectivity index (χ0) is 13.4. The molecular weight excluding hydrogens is 228 g/mol. The molecule has 0 saturated carbocycles. The van der Waals surface area contributed by atoms with Gasteiger partial charge in [-0.1, -0.05) is 22.9 Å². The van der Waals surface area contributed by atoms with Crippen LogP contribution in [0, 0.1) is 6.92 Å². The summed E-state index contributed by atoms with van der Waals surface area (Å²) in [7, 11) is 0. The Morgan fingerprint density at radius 1 is 1.17 bits per heavy atom. The minimum Gasteiger partial charge on any atom is -0.396 e. The molecule has 0 aliphatic carbocycles. The number of oxime groups is 1. The van der Waals surface area contributed by atoms with Crippen molar-refractivity contribution in [3.8, 4) is 0 Å². The molecule has 1 aromatic carbocycles. The monoisotopic (exact) mass is 249 g/mol. The normalized spacial score (nSPS) is 12.4. The SMILES string of the molecule is CCO/N=C(C)/C(=[NH+]/OCC)c1ccc(C)cc1. The number of hydrogen-bond acceptors (Lipinski definition) is 3. The van der Waals surface area contributed by atoms with Crippen molar-refractivity contribution in [1.29, 1.82) is 0 Å². The molecule has 0 unspecified atom stereocenters. The van der Waals surface area contributed by atoms with Crippen molar-refractivity contribution in [3.05, 3.63) is 35.4 Å². The van der Waals surface area contributed by atoms with Crippen LogP contribution in [-0.4, -0.2) is 24.6 Å². The van der Waals surface area contributed by atoms with Gasteiger partial charge in [-0.15, -0.1) is 0 Å². The molecule has 1 N–H and O–H groups in total. The Morgan fingerprint density at radius 2 is 1.83 bits per heavy atom. The summed E-state index contributed by atoms with van der Waals surface area (Å²) in [5, 5.41) is 6.95. The van der Waals surface area contributed by atoms with E-state index in [-0.39, 0.29) is 0 Å². The quantitative estimate of drug-likeness (QED) is 0.609. The first-order valence-corrected chi connectivity index (χ1v) is 6.17. The van der Waals surface area contributed by atoms with Crippen LogP contribution in [0.4, 0.5) is 0 Å². The van der Waals surface area contributed by atoms with E-state index >= 15 is 0 Å². The van der Waals surface area contributed by atoms with Gasteiger partial charge in [0.15, 0.2) is 12.3 Å². The summed E-state index contributed by atoms with van der Waals surface area (Å²) in [6, 6.07) is 8.16. The fourth-order valence-electron chi connectivity index (χ4n) is 1.41. The fraction of sp³-hybridized carbons (Fsp3) is 0.429. The van der Waals surface area contributed by atoms with Gasteiger partial charge in [0.25, 0.3) is 5.71 Å². The van der Waals surface area contributed by atoms with Gasteiger partial charge in [-0.25, -0.2) is 0 Å². The van der Waals surface area contributed by atoms with Crippen molar-refractivity contribution in [2.75, 3.05) is 13.2 Å². The average Bonchev–Trinajstić information content (AvgIpc) is 2.38. The van der Waals surface area contributed by atoms with E-state index in [1.54, 1.807) is 0 Å². The Labute approximate surface area is 108 Å². The second kappa shape index (κ2) is 7.48. The molecule has 18 heavy (non-hydrogen) atoms. The highest BCUT2D eigenvalue weighted by Gasteiger charge is 2.16. The number of benzene rings is 1. The second-order valence-corrected chi connectivity index (χ2v) is 3.87. The average molecular weight is 249 g/mol. The van der Waals surface area contributed by atoms with Gasteiger partial charge in [0, 0.05) is 0 Å². The first kappa shape index (κ1) is 14.2. The van der Waals surface area contributed by atoms with Crippen LogP contribution in [0.1, 0.15) is 31.9 Å². The number of aryl methyl sites for hydroxylation is 1. The van der Waals surface area contributed by atoms with Crippen LogP contribution in [0.5, 0.6) is 0 Å². The molecule has 0 amide bonds. The minimum absolute atomic E-state index is 0.549. The Morgan fingerprint density at radius 3 is 2.39 bits per heavy atom. The molecule has 1 aromatic rings. The minimum atomic E-state index is 0.549. The lowest BCUT2D eigenvalue weighted by atomic mass is 10.1. The molecule has 4 nitrogen and oxygen atoms in total.